The zero-order valence-corrected chi connectivity index (χ0v) is 17.5. The molecule has 4 nitrogen and oxygen atoms in total. The summed E-state index contributed by atoms with van der Waals surface area (Å²) in [5.74, 6) is -0.677. The number of ether oxygens (including phenoxy) is 2. The summed E-state index contributed by atoms with van der Waals surface area (Å²) in [4.78, 5) is 20.5. The lowest BCUT2D eigenvalue weighted by molar-refractivity contribution is -0.138. The molecule has 1 aromatic carbocycles. The fourth-order valence-electron chi connectivity index (χ4n) is 1.14. The Kier molecular flexibility index (Phi) is 25.2. The minimum absolute atomic E-state index is 0.330. The van der Waals surface area contributed by atoms with Crippen molar-refractivity contribution < 1.29 is 19.1 Å². The second-order valence-corrected chi connectivity index (χ2v) is 5.08. The van der Waals surface area contributed by atoms with E-state index in [-0.39, 0.29) is 11.9 Å². The molecule has 0 saturated heterocycles. The molecule has 0 aliphatic carbocycles. The van der Waals surface area contributed by atoms with Gasteiger partial charge < -0.3 is 9.47 Å². The molecule has 0 radical (unpaired) electrons. The lowest BCUT2D eigenvalue weighted by Gasteiger charge is -1.97. The summed E-state index contributed by atoms with van der Waals surface area (Å²) >= 11 is 0. The van der Waals surface area contributed by atoms with Crippen molar-refractivity contribution in [3.8, 4) is 0 Å². The number of esters is 2. The largest absolute Gasteiger partial charge is 0.466 e. The summed E-state index contributed by atoms with van der Waals surface area (Å²) in [6.45, 7) is 21.1. The third-order valence-electron chi connectivity index (χ3n) is 2.64. The summed E-state index contributed by atoms with van der Waals surface area (Å²) in [6, 6.07) is 10.0. The Morgan fingerprint density at radius 2 is 1.57 bits per heavy atom. The van der Waals surface area contributed by atoms with Crippen molar-refractivity contribution in [1.29, 1.82) is 0 Å². The van der Waals surface area contributed by atoms with Crippen LogP contribution in [0.25, 0.3) is 6.08 Å². The van der Waals surface area contributed by atoms with Gasteiger partial charge in [-0.2, -0.15) is 0 Å². The van der Waals surface area contributed by atoms with Crippen LogP contribution < -0.4 is 0 Å². The second kappa shape index (κ2) is 23.9. The highest BCUT2D eigenvalue weighted by Crippen LogP contribution is 1.97. The molecule has 0 spiro atoms. The van der Waals surface area contributed by atoms with Gasteiger partial charge in [-0.25, -0.2) is 9.59 Å². The van der Waals surface area contributed by atoms with Gasteiger partial charge in [-0.1, -0.05) is 94.8 Å². The van der Waals surface area contributed by atoms with E-state index in [1.54, 1.807) is 19.1 Å². The molecule has 1 aromatic rings. The SMILES string of the molecule is C=C(C)C(=O)OC.C=CC(=O)OCCCC.C=CC=C.C=Cc1ccccc1. The van der Waals surface area contributed by atoms with Crippen molar-refractivity contribution in [2.45, 2.75) is 26.7 Å². The topological polar surface area (TPSA) is 52.6 Å². The van der Waals surface area contributed by atoms with E-state index in [1.807, 2.05) is 43.3 Å². The van der Waals surface area contributed by atoms with Crippen molar-refractivity contribution in [3.63, 3.8) is 0 Å². The number of allylic oxidation sites excluding steroid dienone is 2. The maximum absolute atomic E-state index is 10.3. The number of methoxy groups -OCH3 is 1. The van der Waals surface area contributed by atoms with E-state index >= 15 is 0 Å². The second-order valence-electron chi connectivity index (χ2n) is 5.08. The van der Waals surface area contributed by atoms with Crippen LogP contribution in [0.15, 0.2) is 87.0 Å². The Hall–Kier alpha value is -3.14. The van der Waals surface area contributed by atoms with Gasteiger partial charge in [0.15, 0.2) is 0 Å². The molecule has 0 bridgehead atoms. The van der Waals surface area contributed by atoms with Gasteiger partial charge in [-0.3, -0.25) is 0 Å². The molecule has 0 fully saturated rings. The lowest BCUT2D eigenvalue weighted by atomic mass is 10.2. The minimum Gasteiger partial charge on any atom is -0.466 e. The van der Waals surface area contributed by atoms with E-state index in [0.29, 0.717) is 12.2 Å². The molecule has 0 heterocycles. The van der Waals surface area contributed by atoms with Crippen molar-refractivity contribution >= 4 is 18.0 Å². The average molecular weight is 387 g/mol. The van der Waals surface area contributed by atoms with Crippen LogP contribution in [0.1, 0.15) is 32.3 Å². The van der Waals surface area contributed by atoms with Crippen molar-refractivity contribution in [2.24, 2.45) is 0 Å². The highest BCUT2D eigenvalue weighted by molar-refractivity contribution is 5.86. The third-order valence-corrected chi connectivity index (χ3v) is 2.64. The van der Waals surface area contributed by atoms with Gasteiger partial charge in [0.25, 0.3) is 0 Å². The number of hydrogen-bond acceptors (Lipinski definition) is 4. The predicted molar refractivity (Wildman–Crippen MR) is 120 cm³/mol. The van der Waals surface area contributed by atoms with Gasteiger partial charge in [0.05, 0.1) is 13.7 Å². The molecule has 28 heavy (non-hydrogen) atoms. The predicted octanol–water partition coefficient (Wildman–Crippen LogP) is 5.94. The Labute approximate surface area is 170 Å². The first-order chi connectivity index (χ1) is 13.3. The van der Waals surface area contributed by atoms with Gasteiger partial charge in [0.1, 0.15) is 0 Å². The molecular weight excluding hydrogens is 352 g/mol. The monoisotopic (exact) mass is 386 g/mol. The van der Waals surface area contributed by atoms with Crippen molar-refractivity contribution in [2.75, 3.05) is 13.7 Å². The summed E-state index contributed by atoms with van der Waals surface area (Å²) in [6.07, 6.45) is 8.26. The zero-order valence-electron chi connectivity index (χ0n) is 17.5. The number of unbranched alkanes of at least 4 members (excludes halogenated alkanes) is 1. The van der Waals surface area contributed by atoms with E-state index in [9.17, 15) is 9.59 Å². The van der Waals surface area contributed by atoms with Crippen LogP contribution in [0, 0.1) is 0 Å². The van der Waals surface area contributed by atoms with Gasteiger partial charge in [-0.15, -0.1) is 0 Å². The number of carbonyl (C=O) groups excluding carboxylic acids is 2. The van der Waals surface area contributed by atoms with Crippen molar-refractivity contribution in [3.05, 3.63) is 92.6 Å². The smallest absolute Gasteiger partial charge is 0.332 e. The molecule has 4 heteroatoms. The van der Waals surface area contributed by atoms with E-state index in [0.717, 1.165) is 12.8 Å². The summed E-state index contributed by atoms with van der Waals surface area (Å²) in [5.41, 5.74) is 1.61. The van der Waals surface area contributed by atoms with Gasteiger partial charge >= 0.3 is 11.9 Å². The van der Waals surface area contributed by atoms with E-state index < -0.39 is 0 Å². The van der Waals surface area contributed by atoms with Crippen LogP contribution in [-0.4, -0.2) is 25.7 Å². The minimum atomic E-state index is -0.347. The molecule has 0 N–H and O–H groups in total. The van der Waals surface area contributed by atoms with E-state index in [1.165, 1.54) is 18.7 Å². The number of hydrogen-bond donors (Lipinski definition) is 0. The quantitative estimate of drug-likeness (QED) is 0.252. The lowest BCUT2D eigenvalue weighted by Crippen LogP contribution is -2.00. The molecule has 0 atom stereocenters. The zero-order chi connectivity index (χ0) is 22.2. The first-order valence-corrected chi connectivity index (χ1v) is 8.78. The average Bonchev–Trinajstić information content (AvgIpc) is 2.74. The first kappa shape index (κ1) is 29.6. The molecule has 0 saturated carbocycles. The highest BCUT2D eigenvalue weighted by atomic mass is 16.5. The van der Waals surface area contributed by atoms with Crippen LogP contribution in [-0.2, 0) is 19.1 Å². The molecule has 0 aliphatic rings. The Bertz CT molecular complexity index is 580. The Morgan fingerprint density at radius 3 is 1.82 bits per heavy atom. The first-order valence-electron chi connectivity index (χ1n) is 8.78. The molecule has 154 valence electrons. The number of benzene rings is 1. The van der Waals surface area contributed by atoms with Crippen LogP contribution in [0.4, 0.5) is 0 Å². The molecule has 1 rings (SSSR count). The molecule has 0 aliphatic heterocycles. The number of carbonyl (C=O) groups is 2. The fourth-order valence-corrected chi connectivity index (χ4v) is 1.14. The van der Waals surface area contributed by atoms with Gasteiger partial charge in [-0.05, 0) is 18.9 Å². The fraction of sp³-hybridized carbons (Fsp3) is 0.250. The van der Waals surface area contributed by atoms with E-state index in [4.69, 9.17) is 0 Å². The van der Waals surface area contributed by atoms with Crippen LogP contribution in [0.5, 0.6) is 0 Å². The molecular formula is C24H34O4. The molecule has 0 unspecified atom stereocenters. The van der Waals surface area contributed by atoms with Gasteiger partial charge in [0, 0.05) is 11.6 Å². The third kappa shape index (κ3) is 25.1. The molecule has 0 amide bonds. The maximum atomic E-state index is 10.3. The highest BCUT2D eigenvalue weighted by Gasteiger charge is 1.95. The van der Waals surface area contributed by atoms with Crippen LogP contribution in [0.2, 0.25) is 0 Å². The normalized spacial score (nSPS) is 7.82. The standard InChI is InChI=1S/C8H8.C7H12O2.C5H8O2.C4H6/c1-2-8-6-4-3-5-7-8;1-3-5-6-9-7(8)4-2;1-4(2)5(6)7-3;1-3-4-2/h2-7H,1H2;4H,2-3,5-6H2,1H3;1H2,2-3H3;3-4H,1-2H2. The van der Waals surface area contributed by atoms with E-state index in [2.05, 4.69) is 42.4 Å². The van der Waals surface area contributed by atoms with Crippen LogP contribution in [0.3, 0.4) is 0 Å². The maximum Gasteiger partial charge on any atom is 0.332 e. The summed E-state index contributed by atoms with van der Waals surface area (Å²) in [5, 5.41) is 0. The van der Waals surface area contributed by atoms with Crippen molar-refractivity contribution in [1.82, 2.24) is 0 Å². The van der Waals surface area contributed by atoms with Gasteiger partial charge in [0.2, 0.25) is 0 Å². The number of rotatable bonds is 7. The van der Waals surface area contributed by atoms with Crippen LogP contribution >= 0.6 is 0 Å². The molecule has 0 aromatic heterocycles. The Balaban J connectivity index is -0.000000308. The summed E-state index contributed by atoms with van der Waals surface area (Å²) < 4.78 is 8.95. The summed E-state index contributed by atoms with van der Waals surface area (Å²) in [7, 11) is 1.33. The Morgan fingerprint density at radius 1 is 1.04 bits per heavy atom.